The van der Waals surface area contributed by atoms with E-state index in [0.29, 0.717) is 17.2 Å². The van der Waals surface area contributed by atoms with E-state index in [1.165, 1.54) is 31.3 Å². The third-order valence-electron chi connectivity index (χ3n) is 5.12. The third kappa shape index (κ3) is 6.76. The zero-order valence-electron chi connectivity index (χ0n) is 19.5. The predicted molar refractivity (Wildman–Crippen MR) is 125 cm³/mol. The first-order chi connectivity index (χ1) is 17.0. The number of hydrogen-bond acceptors (Lipinski definition) is 6. The topological polar surface area (TPSA) is 82.1 Å². The lowest BCUT2D eigenvalue weighted by Gasteiger charge is -2.23. The second-order valence-electron chi connectivity index (χ2n) is 7.63. The van der Waals surface area contributed by atoms with Crippen LogP contribution in [0.5, 0.6) is 11.5 Å². The van der Waals surface area contributed by atoms with E-state index >= 15 is 0 Å². The van der Waals surface area contributed by atoms with E-state index < -0.39 is 26.8 Å². The molecule has 7 nitrogen and oxygen atoms in total. The average Bonchev–Trinajstić information content (AvgIpc) is 2.86. The molecule has 1 amide bonds. The summed E-state index contributed by atoms with van der Waals surface area (Å²) >= 11 is 0. The first-order valence-corrected chi connectivity index (χ1v) is 12.1. The fourth-order valence-corrected chi connectivity index (χ4v) is 4.30. The van der Waals surface area contributed by atoms with Gasteiger partial charge in [0.25, 0.3) is 5.91 Å². The molecule has 3 aromatic carbocycles. The van der Waals surface area contributed by atoms with Crippen LogP contribution in [0.15, 0.2) is 77.7 Å². The van der Waals surface area contributed by atoms with Gasteiger partial charge in [-0.2, -0.15) is 21.6 Å². The van der Waals surface area contributed by atoms with E-state index in [-0.39, 0.29) is 37.1 Å². The summed E-state index contributed by atoms with van der Waals surface area (Å²) < 4.78 is 80.2. The molecule has 36 heavy (non-hydrogen) atoms. The molecule has 3 aromatic rings. The molecule has 0 bridgehead atoms. The van der Waals surface area contributed by atoms with Gasteiger partial charge in [0.1, 0.15) is 4.90 Å². The molecule has 0 aliphatic carbocycles. The van der Waals surface area contributed by atoms with E-state index in [9.17, 15) is 26.4 Å². The number of carbonyl (C=O) groups excluding carboxylic acids is 1. The van der Waals surface area contributed by atoms with Crippen molar-refractivity contribution in [3.63, 3.8) is 0 Å². The Morgan fingerprint density at radius 2 is 1.64 bits per heavy atom. The van der Waals surface area contributed by atoms with Crippen LogP contribution < -0.4 is 8.92 Å². The number of ether oxygens (including phenoxy) is 2. The number of amides is 1. The van der Waals surface area contributed by atoms with Crippen molar-refractivity contribution in [1.29, 1.82) is 0 Å². The second kappa shape index (κ2) is 11.4. The number of nitrogens with zero attached hydrogens (tertiary/aromatic N) is 1. The van der Waals surface area contributed by atoms with E-state index in [0.717, 1.165) is 18.2 Å². The number of halogens is 3. The summed E-state index contributed by atoms with van der Waals surface area (Å²) in [4.78, 5) is 13.9. The van der Waals surface area contributed by atoms with Crippen LogP contribution in [-0.4, -0.2) is 46.6 Å². The van der Waals surface area contributed by atoms with Gasteiger partial charge in [-0.25, -0.2) is 0 Å². The summed E-state index contributed by atoms with van der Waals surface area (Å²) in [5.74, 6) is -0.444. The van der Waals surface area contributed by atoms with Crippen molar-refractivity contribution in [2.75, 3.05) is 27.4 Å². The number of alkyl halides is 3. The molecular weight excluding hydrogens is 499 g/mol. The molecule has 192 valence electrons. The molecule has 0 heterocycles. The summed E-state index contributed by atoms with van der Waals surface area (Å²) in [6.45, 7) is 0.609. The zero-order chi connectivity index (χ0) is 26.3. The molecule has 0 spiro atoms. The Balaban J connectivity index is 1.90. The summed E-state index contributed by atoms with van der Waals surface area (Å²) in [7, 11) is -1.83. The number of methoxy groups -OCH3 is 2. The van der Waals surface area contributed by atoms with E-state index in [1.54, 1.807) is 36.4 Å². The van der Waals surface area contributed by atoms with E-state index in [2.05, 4.69) is 0 Å². The van der Waals surface area contributed by atoms with Crippen LogP contribution in [0.1, 0.15) is 21.5 Å². The van der Waals surface area contributed by atoms with Crippen LogP contribution in [-0.2, 0) is 27.6 Å². The van der Waals surface area contributed by atoms with Crippen molar-refractivity contribution in [1.82, 2.24) is 4.90 Å². The molecule has 0 unspecified atom stereocenters. The normalized spacial score (nSPS) is 11.7. The average molecular weight is 524 g/mol. The Kier molecular flexibility index (Phi) is 8.59. The van der Waals surface area contributed by atoms with Crippen LogP contribution in [0.3, 0.4) is 0 Å². The van der Waals surface area contributed by atoms with E-state index in [1.807, 2.05) is 0 Å². The molecule has 0 aliphatic rings. The van der Waals surface area contributed by atoms with Crippen LogP contribution in [0.25, 0.3) is 0 Å². The maximum atomic E-state index is 13.1. The highest BCUT2D eigenvalue weighted by Gasteiger charge is 2.32. The lowest BCUT2D eigenvalue weighted by atomic mass is 10.1. The van der Waals surface area contributed by atoms with Gasteiger partial charge in [-0.1, -0.05) is 30.3 Å². The van der Waals surface area contributed by atoms with Crippen molar-refractivity contribution in [2.45, 2.75) is 17.6 Å². The second-order valence-corrected chi connectivity index (χ2v) is 9.18. The fourth-order valence-electron chi connectivity index (χ4n) is 3.32. The Bertz CT molecular complexity index is 1300. The molecule has 0 radical (unpaired) electrons. The van der Waals surface area contributed by atoms with Crippen LogP contribution >= 0.6 is 0 Å². The highest BCUT2D eigenvalue weighted by Crippen LogP contribution is 2.34. The van der Waals surface area contributed by atoms with Crippen LogP contribution in [0.4, 0.5) is 13.2 Å². The van der Waals surface area contributed by atoms with Gasteiger partial charge in [0.05, 0.1) is 19.3 Å². The summed E-state index contributed by atoms with van der Waals surface area (Å²) in [6.07, 6.45) is -4.72. The van der Waals surface area contributed by atoms with Gasteiger partial charge in [-0.3, -0.25) is 4.79 Å². The van der Waals surface area contributed by atoms with Crippen molar-refractivity contribution in [2.24, 2.45) is 0 Å². The largest absolute Gasteiger partial charge is 0.493 e. The molecule has 0 aliphatic heterocycles. The van der Waals surface area contributed by atoms with Gasteiger partial charge in [0.15, 0.2) is 11.5 Å². The molecule has 0 atom stereocenters. The summed E-state index contributed by atoms with van der Waals surface area (Å²) in [5, 5.41) is 0. The molecular formula is C25H24F3NO6S. The lowest BCUT2D eigenvalue weighted by molar-refractivity contribution is -0.137. The minimum Gasteiger partial charge on any atom is -0.493 e. The van der Waals surface area contributed by atoms with Gasteiger partial charge in [-0.05, 0) is 48.0 Å². The molecule has 0 fully saturated rings. The monoisotopic (exact) mass is 523 g/mol. The van der Waals surface area contributed by atoms with Gasteiger partial charge in [0, 0.05) is 25.8 Å². The molecule has 3 rings (SSSR count). The molecule has 0 N–H and O–H groups in total. The Morgan fingerprint density at radius 3 is 2.28 bits per heavy atom. The van der Waals surface area contributed by atoms with Gasteiger partial charge >= 0.3 is 16.3 Å². The fraction of sp³-hybridized carbons (Fsp3) is 0.240. The standard InChI is InChI=1S/C25H24F3NO6S/c1-33-14-13-29(24(30)19-7-4-3-5-8-19)17-18-11-12-22(34-2)23(15-18)35-36(31,32)21-10-6-9-20(16-21)25(26,27)28/h3-12,15-16H,13-14,17H2,1-2H3. The maximum Gasteiger partial charge on any atom is 0.416 e. The number of carbonyl (C=O) groups is 1. The van der Waals surface area contributed by atoms with Gasteiger partial charge < -0.3 is 18.6 Å². The molecule has 0 saturated heterocycles. The number of hydrogen-bond donors (Lipinski definition) is 0. The molecule has 0 saturated carbocycles. The number of benzene rings is 3. The van der Waals surface area contributed by atoms with E-state index in [4.69, 9.17) is 13.7 Å². The smallest absolute Gasteiger partial charge is 0.416 e. The lowest BCUT2D eigenvalue weighted by Crippen LogP contribution is -2.33. The first kappa shape index (κ1) is 27.0. The third-order valence-corrected chi connectivity index (χ3v) is 6.35. The first-order valence-electron chi connectivity index (χ1n) is 10.7. The number of rotatable bonds is 10. The van der Waals surface area contributed by atoms with Crippen molar-refractivity contribution < 1.29 is 40.0 Å². The van der Waals surface area contributed by atoms with Gasteiger partial charge in [0.2, 0.25) is 0 Å². The quantitative estimate of drug-likeness (QED) is 0.356. The Labute approximate surface area is 207 Å². The molecule has 0 aromatic heterocycles. The van der Waals surface area contributed by atoms with Gasteiger partial charge in [-0.15, -0.1) is 0 Å². The highest BCUT2D eigenvalue weighted by molar-refractivity contribution is 7.87. The maximum absolute atomic E-state index is 13.1. The van der Waals surface area contributed by atoms with Crippen molar-refractivity contribution in [3.05, 3.63) is 89.5 Å². The minimum atomic E-state index is -4.72. The Hall–Kier alpha value is -3.57. The minimum absolute atomic E-state index is 0.0483. The van der Waals surface area contributed by atoms with Crippen LogP contribution in [0, 0.1) is 0 Å². The zero-order valence-corrected chi connectivity index (χ0v) is 20.3. The highest BCUT2D eigenvalue weighted by atomic mass is 32.2. The van der Waals surface area contributed by atoms with Crippen molar-refractivity contribution >= 4 is 16.0 Å². The Morgan fingerprint density at radius 1 is 0.917 bits per heavy atom. The SMILES string of the molecule is COCCN(Cc1ccc(OC)c(OS(=O)(=O)c2cccc(C(F)(F)F)c2)c1)C(=O)c1ccccc1. The summed E-state index contributed by atoms with van der Waals surface area (Å²) in [6, 6.07) is 16.3. The van der Waals surface area contributed by atoms with Crippen molar-refractivity contribution in [3.8, 4) is 11.5 Å². The van der Waals surface area contributed by atoms with Crippen LogP contribution in [0.2, 0.25) is 0 Å². The predicted octanol–water partition coefficient (Wildman–Crippen LogP) is 4.77. The summed E-state index contributed by atoms with van der Waals surface area (Å²) in [5.41, 5.74) is -0.155. The molecule has 11 heteroatoms.